The average molecular weight is 278 g/mol. The number of nitrogens with one attached hydrogen (secondary N) is 1. The van der Waals surface area contributed by atoms with E-state index in [1.807, 2.05) is 65.0 Å². The molecule has 1 aromatic carbocycles. The average Bonchev–Trinajstić information content (AvgIpc) is 2.35. The lowest BCUT2D eigenvalue weighted by molar-refractivity contribution is 0.0500. The first kappa shape index (κ1) is 16.5. The number of hydrogen-bond acceptors (Lipinski definition) is 3. The fraction of sp³-hybridized carbons (Fsp3) is 0.562. The van der Waals surface area contributed by atoms with E-state index >= 15 is 0 Å². The number of ether oxygens (including phenoxy) is 1. The van der Waals surface area contributed by atoms with Crippen LogP contribution >= 0.6 is 0 Å². The monoisotopic (exact) mass is 278 g/mol. The number of benzene rings is 1. The smallest absolute Gasteiger partial charge is 0.407 e. The number of nitrogens with two attached hydrogens (primary N) is 1. The van der Waals surface area contributed by atoms with Crippen molar-refractivity contribution in [1.82, 2.24) is 5.32 Å². The lowest BCUT2D eigenvalue weighted by Crippen LogP contribution is -2.42. The molecular formula is C16H26N2O2. The summed E-state index contributed by atoms with van der Waals surface area (Å²) in [6, 6.07) is 9.74. The van der Waals surface area contributed by atoms with Crippen molar-refractivity contribution in [2.45, 2.75) is 46.3 Å². The number of amides is 1. The molecule has 3 N–H and O–H groups in total. The Balaban J connectivity index is 2.59. The summed E-state index contributed by atoms with van der Waals surface area (Å²) in [4.78, 5) is 11.7. The van der Waals surface area contributed by atoms with Crippen LogP contribution in [0.2, 0.25) is 0 Å². The topological polar surface area (TPSA) is 64.3 Å². The molecule has 0 radical (unpaired) electrons. The predicted molar refractivity (Wildman–Crippen MR) is 81.4 cm³/mol. The van der Waals surface area contributed by atoms with Crippen molar-refractivity contribution in [2.24, 2.45) is 11.1 Å². The van der Waals surface area contributed by atoms with Crippen LogP contribution in [0, 0.1) is 5.41 Å². The molecule has 1 rings (SSSR count). The quantitative estimate of drug-likeness (QED) is 0.888. The fourth-order valence-corrected chi connectivity index (χ4v) is 1.84. The number of rotatable bonds is 4. The Morgan fingerprint density at radius 1 is 1.20 bits per heavy atom. The Hall–Kier alpha value is -1.55. The summed E-state index contributed by atoms with van der Waals surface area (Å²) in [5, 5.41) is 2.79. The molecule has 1 unspecified atom stereocenters. The molecule has 0 aliphatic rings. The summed E-state index contributed by atoms with van der Waals surface area (Å²) in [6.07, 6.45) is -0.411. The third kappa shape index (κ3) is 5.21. The van der Waals surface area contributed by atoms with Crippen LogP contribution in [-0.2, 0) is 4.74 Å². The van der Waals surface area contributed by atoms with Crippen molar-refractivity contribution in [3.8, 4) is 0 Å². The van der Waals surface area contributed by atoms with Crippen LogP contribution in [0.5, 0.6) is 0 Å². The Bertz CT molecular complexity index is 436. The summed E-state index contributed by atoms with van der Waals surface area (Å²) in [5.74, 6) is 0. The van der Waals surface area contributed by atoms with Crippen molar-refractivity contribution in [3.63, 3.8) is 0 Å². The van der Waals surface area contributed by atoms with Crippen molar-refractivity contribution in [2.75, 3.05) is 6.54 Å². The van der Waals surface area contributed by atoms with Gasteiger partial charge in [0.1, 0.15) is 5.60 Å². The van der Waals surface area contributed by atoms with Gasteiger partial charge in [-0.2, -0.15) is 0 Å². The molecule has 0 fully saturated rings. The molecule has 112 valence electrons. The van der Waals surface area contributed by atoms with E-state index in [4.69, 9.17) is 10.5 Å². The molecule has 0 saturated heterocycles. The first-order chi connectivity index (χ1) is 9.12. The highest BCUT2D eigenvalue weighted by molar-refractivity contribution is 5.67. The summed E-state index contributed by atoms with van der Waals surface area (Å²) in [7, 11) is 0. The van der Waals surface area contributed by atoms with E-state index < -0.39 is 11.7 Å². The number of alkyl carbamates (subject to hydrolysis) is 1. The minimum Gasteiger partial charge on any atom is -0.444 e. The highest BCUT2D eigenvalue weighted by atomic mass is 16.6. The first-order valence-corrected chi connectivity index (χ1v) is 6.89. The summed E-state index contributed by atoms with van der Waals surface area (Å²) in [5.41, 5.74) is 6.60. The van der Waals surface area contributed by atoms with Crippen LogP contribution in [0.3, 0.4) is 0 Å². The zero-order chi connectivity index (χ0) is 15.4. The third-order valence-corrected chi connectivity index (χ3v) is 3.09. The van der Waals surface area contributed by atoms with Gasteiger partial charge in [-0.25, -0.2) is 4.79 Å². The van der Waals surface area contributed by atoms with Crippen molar-refractivity contribution in [3.05, 3.63) is 35.9 Å². The molecule has 0 bridgehead atoms. The Morgan fingerprint density at radius 3 is 2.25 bits per heavy atom. The molecule has 1 aromatic rings. The molecular weight excluding hydrogens is 252 g/mol. The second kappa shape index (κ2) is 6.27. The highest BCUT2D eigenvalue weighted by Gasteiger charge is 2.29. The predicted octanol–water partition coefficient (Wildman–Crippen LogP) is 3.24. The molecule has 1 amide bonds. The number of carbonyl (C=O) groups is 1. The number of carbonyl (C=O) groups excluding carboxylic acids is 1. The molecule has 0 saturated carbocycles. The van der Waals surface area contributed by atoms with Gasteiger partial charge in [0.2, 0.25) is 0 Å². The molecule has 0 aliphatic carbocycles. The molecule has 0 heterocycles. The minimum absolute atomic E-state index is 0.154. The van der Waals surface area contributed by atoms with Gasteiger partial charge < -0.3 is 15.8 Å². The van der Waals surface area contributed by atoms with E-state index in [1.54, 1.807) is 0 Å². The standard InChI is InChI=1S/C16H26N2O2/c1-15(2,3)20-14(19)18-11-16(4,5)13(17)12-9-7-6-8-10-12/h6-10,13H,11,17H2,1-5H3,(H,18,19). The SMILES string of the molecule is CC(C)(C)OC(=O)NCC(C)(C)C(N)c1ccccc1. The molecule has 4 heteroatoms. The van der Waals surface area contributed by atoms with Crippen LogP contribution in [0.4, 0.5) is 4.79 Å². The van der Waals surface area contributed by atoms with E-state index in [1.165, 1.54) is 0 Å². The van der Waals surface area contributed by atoms with Gasteiger partial charge in [-0.3, -0.25) is 0 Å². The van der Waals surface area contributed by atoms with E-state index in [0.29, 0.717) is 6.54 Å². The fourth-order valence-electron chi connectivity index (χ4n) is 1.84. The summed E-state index contributed by atoms with van der Waals surface area (Å²) >= 11 is 0. The van der Waals surface area contributed by atoms with Crippen molar-refractivity contribution < 1.29 is 9.53 Å². The maximum Gasteiger partial charge on any atom is 0.407 e. The van der Waals surface area contributed by atoms with Gasteiger partial charge in [0.25, 0.3) is 0 Å². The lowest BCUT2D eigenvalue weighted by Gasteiger charge is -2.32. The molecule has 0 aromatic heterocycles. The molecule has 0 spiro atoms. The molecule has 20 heavy (non-hydrogen) atoms. The van der Waals surface area contributed by atoms with Crippen molar-refractivity contribution in [1.29, 1.82) is 0 Å². The first-order valence-electron chi connectivity index (χ1n) is 6.89. The Kier molecular flexibility index (Phi) is 5.17. The maximum atomic E-state index is 11.7. The molecule has 1 atom stereocenters. The van der Waals surface area contributed by atoms with Gasteiger partial charge in [-0.05, 0) is 26.3 Å². The van der Waals surface area contributed by atoms with Gasteiger partial charge in [0.05, 0.1) is 0 Å². The largest absolute Gasteiger partial charge is 0.444 e. The minimum atomic E-state index is -0.490. The second-order valence-corrected chi connectivity index (χ2v) is 6.73. The third-order valence-electron chi connectivity index (χ3n) is 3.09. The van der Waals surface area contributed by atoms with Crippen LogP contribution in [0.25, 0.3) is 0 Å². The molecule has 4 nitrogen and oxygen atoms in total. The number of hydrogen-bond donors (Lipinski definition) is 2. The van der Waals surface area contributed by atoms with Crippen LogP contribution in [0.15, 0.2) is 30.3 Å². The van der Waals surface area contributed by atoms with Gasteiger partial charge in [0.15, 0.2) is 0 Å². The van der Waals surface area contributed by atoms with Crippen LogP contribution in [0.1, 0.15) is 46.2 Å². The van der Waals surface area contributed by atoms with Gasteiger partial charge in [-0.15, -0.1) is 0 Å². The zero-order valence-corrected chi connectivity index (χ0v) is 13.1. The van der Waals surface area contributed by atoms with Crippen molar-refractivity contribution >= 4 is 6.09 Å². The maximum absolute atomic E-state index is 11.7. The van der Waals surface area contributed by atoms with E-state index in [2.05, 4.69) is 5.32 Å². The lowest BCUT2D eigenvalue weighted by atomic mass is 9.81. The van der Waals surface area contributed by atoms with E-state index in [9.17, 15) is 4.79 Å². The van der Waals surface area contributed by atoms with Gasteiger partial charge >= 0.3 is 6.09 Å². The normalized spacial score (nSPS) is 13.7. The van der Waals surface area contributed by atoms with E-state index in [0.717, 1.165) is 5.56 Å². The van der Waals surface area contributed by atoms with Gasteiger partial charge in [-0.1, -0.05) is 44.2 Å². The second-order valence-electron chi connectivity index (χ2n) is 6.73. The summed E-state index contributed by atoms with van der Waals surface area (Å²) in [6.45, 7) is 10.0. The van der Waals surface area contributed by atoms with Crippen LogP contribution in [-0.4, -0.2) is 18.2 Å². The van der Waals surface area contributed by atoms with E-state index in [-0.39, 0.29) is 11.5 Å². The Labute approximate surface area is 121 Å². The van der Waals surface area contributed by atoms with Gasteiger partial charge in [0, 0.05) is 18.0 Å². The molecule has 0 aliphatic heterocycles. The Morgan fingerprint density at radius 2 is 1.75 bits per heavy atom. The zero-order valence-electron chi connectivity index (χ0n) is 13.1. The van der Waals surface area contributed by atoms with Crippen LogP contribution < -0.4 is 11.1 Å². The summed E-state index contributed by atoms with van der Waals surface area (Å²) < 4.78 is 5.23. The highest BCUT2D eigenvalue weighted by Crippen LogP contribution is 2.30.